The van der Waals surface area contributed by atoms with E-state index in [1.54, 1.807) is 6.07 Å². The third-order valence-electron chi connectivity index (χ3n) is 7.11. The Bertz CT molecular complexity index is 1230. The molecule has 2 aromatic carbocycles. The molecule has 0 spiro atoms. The number of anilines is 1. The van der Waals surface area contributed by atoms with Gasteiger partial charge in [-0.25, -0.2) is 0 Å². The lowest BCUT2D eigenvalue weighted by atomic mass is 9.71. The zero-order valence-electron chi connectivity index (χ0n) is 20.2. The number of amides is 1. The average Bonchev–Trinajstić information content (AvgIpc) is 2.84. The van der Waals surface area contributed by atoms with Crippen LogP contribution in [0.15, 0.2) is 71.1 Å². The van der Waals surface area contributed by atoms with Crippen LogP contribution in [0.25, 0.3) is 0 Å². The predicted molar refractivity (Wildman–Crippen MR) is 134 cm³/mol. The minimum Gasteiger partial charge on any atom is -0.484 e. The number of aryl methyl sites for hydroxylation is 1. The minimum atomic E-state index is -0.374. The SMILES string of the molecule is Cc1cccc(NC(=O)COc2cccc(C3C4=C(CCCC4=O)N(C)C4=C3C(=O)CCC4)c2)c1. The summed E-state index contributed by atoms with van der Waals surface area (Å²) < 4.78 is 5.82. The predicted octanol–water partition coefficient (Wildman–Crippen LogP) is 5.06. The van der Waals surface area contributed by atoms with Crippen molar-refractivity contribution in [2.45, 2.75) is 51.4 Å². The van der Waals surface area contributed by atoms with Gasteiger partial charge in [-0.15, -0.1) is 0 Å². The standard InChI is InChI=1S/C29H30N2O4/c1-18-7-3-9-20(15-18)30-26(34)17-35-21-10-4-8-19(16-21)27-28-22(11-5-13-24(28)32)31(2)23-12-6-14-25(33)29(23)27/h3-4,7-10,15-16,27H,5-6,11-14,17H2,1-2H3,(H,30,34). The molecule has 35 heavy (non-hydrogen) atoms. The minimum absolute atomic E-state index is 0.122. The van der Waals surface area contributed by atoms with Gasteiger partial charge >= 0.3 is 0 Å². The summed E-state index contributed by atoms with van der Waals surface area (Å²) in [5.74, 6) is 0.159. The van der Waals surface area contributed by atoms with Gasteiger partial charge in [-0.1, -0.05) is 24.3 Å². The molecule has 0 fully saturated rings. The Balaban J connectivity index is 1.42. The molecule has 1 amide bonds. The number of allylic oxidation sites excluding steroid dienone is 4. The Morgan fingerprint density at radius 1 is 0.943 bits per heavy atom. The topological polar surface area (TPSA) is 75.7 Å². The van der Waals surface area contributed by atoms with E-state index in [0.717, 1.165) is 65.0 Å². The van der Waals surface area contributed by atoms with Crippen molar-refractivity contribution in [1.29, 1.82) is 0 Å². The Kier molecular flexibility index (Phi) is 6.29. The molecule has 0 saturated heterocycles. The van der Waals surface area contributed by atoms with Gasteiger partial charge in [0.05, 0.1) is 0 Å². The lowest BCUT2D eigenvalue weighted by molar-refractivity contribution is -0.118. The highest BCUT2D eigenvalue weighted by atomic mass is 16.5. The Morgan fingerprint density at radius 3 is 2.26 bits per heavy atom. The van der Waals surface area contributed by atoms with Crippen LogP contribution >= 0.6 is 0 Å². The zero-order valence-corrected chi connectivity index (χ0v) is 20.2. The van der Waals surface area contributed by atoms with Crippen LogP contribution in [0.1, 0.15) is 55.6 Å². The maximum absolute atomic E-state index is 13.1. The first-order valence-electron chi connectivity index (χ1n) is 12.3. The van der Waals surface area contributed by atoms with Crippen molar-refractivity contribution in [2.75, 3.05) is 19.0 Å². The van der Waals surface area contributed by atoms with Crippen molar-refractivity contribution >= 4 is 23.2 Å². The number of ether oxygens (including phenoxy) is 1. The van der Waals surface area contributed by atoms with Gasteiger partial charge in [0.1, 0.15) is 5.75 Å². The fourth-order valence-corrected chi connectivity index (χ4v) is 5.54. The van der Waals surface area contributed by atoms with E-state index in [1.807, 2.05) is 56.4 Å². The summed E-state index contributed by atoms with van der Waals surface area (Å²) in [6.45, 7) is 1.83. The number of carbonyl (C=O) groups is 3. The smallest absolute Gasteiger partial charge is 0.262 e. The molecule has 1 N–H and O–H groups in total. The largest absolute Gasteiger partial charge is 0.484 e. The summed E-state index contributed by atoms with van der Waals surface area (Å²) >= 11 is 0. The van der Waals surface area contributed by atoms with Crippen molar-refractivity contribution in [1.82, 2.24) is 4.90 Å². The highest BCUT2D eigenvalue weighted by Crippen LogP contribution is 2.48. The maximum Gasteiger partial charge on any atom is 0.262 e. The quantitative estimate of drug-likeness (QED) is 0.661. The molecule has 0 saturated carbocycles. The first-order chi connectivity index (χ1) is 16.9. The summed E-state index contributed by atoms with van der Waals surface area (Å²) in [4.78, 5) is 40.8. The molecule has 1 heterocycles. The summed E-state index contributed by atoms with van der Waals surface area (Å²) in [6.07, 6.45) is 4.38. The van der Waals surface area contributed by atoms with Crippen LogP contribution in [0.4, 0.5) is 5.69 Å². The van der Waals surface area contributed by atoms with Crippen molar-refractivity contribution in [3.05, 3.63) is 82.2 Å². The summed E-state index contributed by atoms with van der Waals surface area (Å²) in [5, 5.41) is 2.85. The average molecular weight is 471 g/mol. The van der Waals surface area contributed by atoms with Crippen molar-refractivity contribution in [3.63, 3.8) is 0 Å². The Labute approximate surface area is 205 Å². The summed E-state index contributed by atoms with van der Waals surface area (Å²) in [5.41, 5.74) is 6.24. The number of hydrogen-bond acceptors (Lipinski definition) is 5. The first-order valence-corrected chi connectivity index (χ1v) is 12.3. The molecule has 6 heteroatoms. The number of carbonyl (C=O) groups excluding carboxylic acids is 3. The van der Waals surface area contributed by atoms with Gasteiger partial charge in [0, 0.05) is 54.0 Å². The number of ketones is 2. The Morgan fingerprint density at radius 2 is 1.60 bits per heavy atom. The van der Waals surface area contributed by atoms with Crippen LogP contribution in [0.2, 0.25) is 0 Å². The fraction of sp³-hybridized carbons (Fsp3) is 0.345. The molecule has 0 aromatic heterocycles. The van der Waals surface area contributed by atoms with Crippen LogP contribution in [0.5, 0.6) is 5.75 Å². The van der Waals surface area contributed by atoms with E-state index in [2.05, 4.69) is 10.2 Å². The number of nitrogens with zero attached hydrogens (tertiary/aromatic N) is 1. The van der Waals surface area contributed by atoms with Gasteiger partial charge in [0.25, 0.3) is 5.91 Å². The van der Waals surface area contributed by atoms with E-state index >= 15 is 0 Å². The lowest BCUT2D eigenvalue weighted by Gasteiger charge is -2.42. The summed E-state index contributed by atoms with van der Waals surface area (Å²) in [7, 11) is 1.99. The van der Waals surface area contributed by atoms with Gasteiger partial charge < -0.3 is 15.0 Å². The fourth-order valence-electron chi connectivity index (χ4n) is 5.54. The number of hydrogen-bond donors (Lipinski definition) is 1. The molecule has 0 unspecified atom stereocenters. The molecule has 2 aliphatic carbocycles. The molecule has 3 aliphatic rings. The second-order valence-electron chi connectivity index (χ2n) is 9.55. The molecule has 2 aromatic rings. The van der Waals surface area contributed by atoms with E-state index in [1.165, 1.54) is 0 Å². The highest BCUT2D eigenvalue weighted by molar-refractivity contribution is 6.06. The van der Waals surface area contributed by atoms with Crippen molar-refractivity contribution in [2.24, 2.45) is 0 Å². The molecule has 0 bridgehead atoms. The van der Waals surface area contributed by atoms with E-state index in [4.69, 9.17) is 4.74 Å². The van der Waals surface area contributed by atoms with Crippen molar-refractivity contribution in [3.8, 4) is 5.75 Å². The van der Waals surface area contributed by atoms with Crippen LogP contribution in [-0.2, 0) is 14.4 Å². The molecule has 1 aliphatic heterocycles. The molecule has 6 nitrogen and oxygen atoms in total. The van der Waals surface area contributed by atoms with Crippen LogP contribution < -0.4 is 10.1 Å². The van der Waals surface area contributed by atoms with Gasteiger partial charge in [-0.3, -0.25) is 14.4 Å². The van der Waals surface area contributed by atoms with E-state index in [0.29, 0.717) is 18.6 Å². The third kappa shape index (κ3) is 4.53. The first kappa shape index (κ1) is 23.1. The monoisotopic (exact) mass is 470 g/mol. The highest BCUT2D eigenvalue weighted by Gasteiger charge is 2.42. The van der Waals surface area contributed by atoms with Gasteiger partial charge in [0.2, 0.25) is 0 Å². The maximum atomic E-state index is 13.1. The molecule has 0 atom stereocenters. The third-order valence-corrected chi connectivity index (χ3v) is 7.11. The summed E-state index contributed by atoms with van der Waals surface area (Å²) in [6, 6.07) is 15.1. The van der Waals surface area contributed by atoms with E-state index in [-0.39, 0.29) is 30.0 Å². The second-order valence-corrected chi connectivity index (χ2v) is 9.55. The van der Waals surface area contributed by atoms with Crippen LogP contribution in [0.3, 0.4) is 0 Å². The number of benzene rings is 2. The normalized spacial score (nSPS) is 18.4. The second kappa shape index (κ2) is 9.53. The van der Waals surface area contributed by atoms with Crippen LogP contribution in [0, 0.1) is 6.92 Å². The molecule has 0 radical (unpaired) electrons. The van der Waals surface area contributed by atoms with Crippen molar-refractivity contribution < 1.29 is 19.1 Å². The van der Waals surface area contributed by atoms with Gasteiger partial charge in [-0.2, -0.15) is 0 Å². The molecule has 180 valence electrons. The van der Waals surface area contributed by atoms with E-state index in [9.17, 15) is 14.4 Å². The zero-order chi connectivity index (χ0) is 24.5. The molecular weight excluding hydrogens is 440 g/mol. The number of Topliss-reactive ketones (excluding diaryl/α,β-unsaturated/α-hetero) is 2. The lowest BCUT2D eigenvalue weighted by Crippen LogP contribution is -2.37. The molecule has 5 rings (SSSR count). The molecular formula is C29H30N2O4. The van der Waals surface area contributed by atoms with Crippen LogP contribution in [-0.4, -0.2) is 36.0 Å². The van der Waals surface area contributed by atoms with Gasteiger partial charge in [0.15, 0.2) is 18.2 Å². The number of rotatable bonds is 5. The van der Waals surface area contributed by atoms with E-state index < -0.39 is 0 Å². The Hall–Kier alpha value is -3.67. The number of nitrogens with one attached hydrogen (secondary N) is 1. The van der Waals surface area contributed by atoms with Gasteiger partial charge in [-0.05, 0) is 68.0 Å².